The lowest BCUT2D eigenvalue weighted by molar-refractivity contribution is -0.125. The van der Waals surface area contributed by atoms with Crippen LogP contribution in [0.3, 0.4) is 0 Å². The van der Waals surface area contributed by atoms with Gasteiger partial charge in [-0.15, -0.1) is 11.3 Å². The lowest BCUT2D eigenvalue weighted by atomic mass is 9.95. The molecule has 1 aliphatic heterocycles. The minimum atomic E-state index is 0.0140. The number of methoxy groups -OCH3 is 1. The van der Waals surface area contributed by atoms with E-state index in [1.807, 2.05) is 11.3 Å². The van der Waals surface area contributed by atoms with Gasteiger partial charge in [0.1, 0.15) is 17.0 Å². The molecular weight excluding hydrogens is 348 g/mol. The first kappa shape index (κ1) is 17.7. The van der Waals surface area contributed by atoms with Crippen LogP contribution in [0.15, 0.2) is 6.33 Å². The Bertz CT molecular complexity index is 791. The third-order valence-electron chi connectivity index (χ3n) is 5.43. The van der Waals surface area contributed by atoms with E-state index in [1.54, 1.807) is 13.4 Å². The standard InChI is InChI=1S/C19H26N4O2S/c1-25-10-8-20-18(24)13-5-4-9-23(11-13)17-16-14-6-2-3-7-15(14)26-19(16)22-12-21-17/h12-13H,2-11H2,1H3,(H,20,24)/t13-/m0/s1. The molecule has 2 aromatic rings. The minimum absolute atomic E-state index is 0.0140. The Kier molecular flexibility index (Phi) is 5.36. The number of hydrogen-bond acceptors (Lipinski definition) is 6. The van der Waals surface area contributed by atoms with Crippen LogP contribution in [-0.4, -0.2) is 49.2 Å². The Balaban J connectivity index is 1.57. The second kappa shape index (κ2) is 7.88. The third kappa shape index (κ3) is 3.42. The summed E-state index contributed by atoms with van der Waals surface area (Å²) in [6.07, 6.45) is 8.45. The van der Waals surface area contributed by atoms with Crippen molar-refractivity contribution < 1.29 is 9.53 Å². The van der Waals surface area contributed by atoms with E-state index in [9.17, 15) is 4.79 Å². The first-order chi connectivity index (χ1) is 12.8. The molecule has 26 heavy (non-hydrogen) atoms. The number of nitrogens with one attached hydrogen (secondary N) is 1. The number of carbonyl (C=O) groups is 1. The summed E-state index contributed by atoms with van der Waals surface area (Å²) in [6, 6.07) is 0. The lowest BCUT2D eigenvalue weighted by Gasteiger charge is -2.33. The van der Waals surface area contributed by atoms with E-state index in [4.69, 9.17) is 4.74 Å². The zero-order valence-corrected chi connectivity index (χ0v) is 16.1. The number of fused-ring (bicyclic) bond motifs is 3. The fraction of sp³-hybridized carbons (Fsp3) is 0.632. The van der Waals surface area contributed by atoms with Crippen molar-refractivity contribution in [3.8, 4) is 0 Å². The second-order valence-electron chi connectivity index (χ2n) is 7.16. The van der Waals surface area contributed by atoms with Crippen LogP contribution in [0, 0.1) is 5.92 Å². The average Bonchev–Trinajstić information content (AvgIpc) is 3.07. The Morgan fingerprint density at radius 1 is 1.35 bits per heavy atom. The molecule has 0 unspecified atom stereocenters. The van der Waals surface area contributed by atoms with Crippen LogP contribution in [0.5, 0.6) is 0 Å². The Morgan fingerprint density at radius 2 is 2.23 bits per heavy atom. The summed E-state index contributed by atoms with van der Waals surface area (Å²) in [5, 5.41) is 4.23. The maximum absolute atomic E-state index is 12.5. The normalized spacial score (nSPS) is 20.2. The van der Waals surface area contributed by atoms with Gasteiger partial charge in [-0.05, 0) is 44.1 Å². The number of carbonyl (C=O) groups excluding carboxylic acids is 1. The molecule has 0 aromatic carbocycles. The molecule has 0 bridgehead atoms. The molecule has 140 valence electrons. The van der Waals surface area contributed by atoms with Crippen LogP contribution < -0.4 is 10.2 Å². The van der Waals surface area contributed by atoms with Gasteiger partial charge in [0, 0.05) is 31.6 Å². The number of ether oxygens (including phenoxy) is 1. The van der Waals surface area contributed by atoms with Gasteiger partial charge in [-0.25, -0.2) is 9.97 Å². The highest BCUT2D eigenvalue weighted by molar-refractivity contribution is 7.19. The lowest BCUT2D eigenvalue weighted by Crippen LogP contribution is -2.44. The van der Waals surface area contributed by atoms with Crippen LogP contribution in [0.4, 0.5) is 5.82 Å². The summed E-state index contributed by atoms with van der Waals surface area (Å²) in [5.41, 5.74) is 1.46. The second-order valence-corrected chi connectivity index (χ2v) is 8.24. The summed E-state index contributed by atoms with van der Waals surface area (Å²) in [5.74, 6) is 1.17. The summed E-state index contributed by atoms with van der Waals surface area (Å²) < 4.78 is 5.02. The summed E-state index contributed by atoms with van der Waals surface area (Å²) in [7, 11) is 1.65. The van der Waals surface area contributed by atoms with Gasteiger partial charge < -0.3 is 15.0 Å². The molecule has 0 radical (unpaired) electrons. The first-order valence-corrected chi connectivity index (χ1v) is 10.4. The average molecular weight is 375 g/mol. The molecule has 1 amide bonds. The van der Waals surface area contributed by atoms with Crippen molar-refractivity contribution in [2.45, 2.75) is 38.5 Å². The zero-order chi connectivity index (χ0) is 17.9. The van der Waals surface area contributed by atoms with Crippen LogP contribution in [0.25, 0.3) is 10.2 Å². The molecule has 0 saturated carbocycles. The molecule has 4 rings (SSSR count). The van der Waals surface area contributed by atoms with E-state index in [2.05, 4.69) is 20.2 Å². The van der Waals surface area contributed by atoms with Gasteiger partial charge in [0.15, 0.2) is 0 Å². The van der Waals surface area contributed by atoms with Crippen molar-refractivity contribution in [1.82, 2.24) is 15.3 Å². The van der Waals surface area contributed by atoms with Gasteiger partial charge in [-0.3, -0.25) is 4.79 Å². The van der Waals surface area contributed by atoms with E-state index in [1.165, 1.54) is 35.1 Å². The quantitative estimate of drug-likeness (QED) is 0.815. The number of anilines is 1. The summed E-state index contributed by atoms with van der Waals surface area (Å²) in [6.45, 7) is 2.81. The van der Waals surface area contributed by atoms with E-state index in [-0.39, 0.29) is 11.8 Å². The van der Waals surface area contributed by atoms with Gasteiger partial charge >= 0.3 is 0 Å². The van der Waals surface area contributed by atoms with Crippen LogP contribution in [0.2, 0.25) is 0 Å². The maximum Gasteiger partial charge on any atom is 0.224 e. The van der Waals surface area contributed by atoms with Gasteiger partial charge in [0.2, 0.25) is 5.91 Å². The molecule has 0 spiro atoms. The molecule has 7 heteroatoms. The molecule has 1 fully saturated rings. The van der Waals surface area contributed by atoms with Crippen molar-refractivity contribution >= 4 is 33.3 Å². The van der Waals surface area contributed by atoms with Crippen LogP contribution >= 0.6 is 11.3 Å². The SMILES string of the molecule is COCCNC(=O)[C@H]1CCCN(c2ncnc3sc4c(c23)CCCC4)C1. The van der Waals surface area contributed by atoms with Crippen molar-refractivity contribution in [2.24, 2.45) is 5.92 Å². The molecule has 1 N–H and O–H groups in total. The number of aromatic nitrogens is 2. The van der Waals surface area contributed by atoms with E-state index >= 15 is 0 Å². The molecule has 3 heterocycles. The largest absolute Gasteiger partial charge is 0.383 e. The number of piperidine rings is 1. The first-order valence-electron chi connectivity index (χ1n) is 9.54. The smallest absolute Gasteiger partial charge is 0.224 e. The van der Waals surface area contributed by atoms with Gasteiger partial charge in [-0.2, -0.15) is 0 Å². The molecule has 1 atom stereocenters. The fourth-order valence-corrected chi connectivity index (χ4v) is 5.34. The number of aryl methyl sites for hydroxylation is 2. The zero-order valence-electron chi connectivity index (χ0n) is 15.3. The number of thiophene rings is 1. The van der Waals surface area contributed by atoms with Crippen LogP contribution in [0.1, 0.15) is 36.1 Å². The number of rotatable bonds is 5. The number of hydrogen-bond donors (Lipinski definition) is 1. The van der Waals surface area contributed by atoms with E-state index in [0.29, 0.717) is 13.2 Å². The Labute approximate surface area is 158 Å². The van der Waals surface area contributed by atoms with Crippen LogP contribution in [-0.2, 0) is 22.4 Å². The third-order valence-corrected chi connectivity index (χ3v) is 6.63. The van der Waals surface area contributed by atoms with Crippen molar-refractivity contribution in [3.05, 3.63) is 16.8 Å². The van der Waals surface area contributed by atoms with Gasteiger partial charge in [0.25, 0.3) is 0 Å². The number of nitrogens with zero attached hydrogens (tertiary/aromatic N) is 3. The molecule has 1 aliphatic carbocycles. The highest BCUT2D eigenvalue weighted by Crippen LogP contribution is 2.40. The fourth-order valence-electron chi connectivity index (χ4n) is 4.12. The predicted octanol–water partition coefficient (Wildman–Crippen LogP) is 2.55. The number of amides is 1. The molecule has 2 aliphatic rings. The van der Waals surface area contributed by atoms with Crippen molar-refractivity contribution in [2.75, 3.05) is 38.3 Å². The van der Waals surface area contributed by atoms with Gasteiger partial charge in [0.05, 0.1) is 17.9 Å². The molecule has 1 saturated heterocycles. The Hall–Kier alpha value is -1.73. The molecule has 6 nitrogen and oxygen atoms in total. The summed E-state index contributed by atoms with van der Waals surface area (Å²) >= 11 is 1.83. The highest BCUT2D eigenvalue weighted by atomic mass is 32.1. The monoisotopic (exact) mass is 374 g/mol. The molecule has 2 aromatic heterocycles. The topological polar surface area (TPSA) is 67.3 Å². The Morgan fingerprint density at radius 3 is 3.12 bits per heavy atom. The molecular formula is C19H26N4O2S. The summed E-state index contributed by atoms with van der Waals surface area (Å²) in [4.78, 5) is 26.5. The van der Waals surface area contributed by atoms with Gasteiger partial charge in [-0.1, -0.05) is 0 Å². The predicted molar refractivity (Wildman–Crippen MR) is 104 cm³/mol. The minimum Gasteiger partial charge on any atom is -0.383 e. The highest BCUT2D eigenvalue weighted by Gasteiger charge is 2.29. The maximum atomic E-state index is 12.5. The van der Waals surface area contributed by atoms with E-state index < -0.39 is 0 Å². The van der Waals surface area contributed by atoms with Crippen molar-refractivity contribution in [3.63, 3.8) is 0 Å². The van der Waals surface area contributed by atoms with Crippen molar-refractivity contribution in [1.29, 1.82) is 0 Å². The van der Waals surface area contributed by atoms with E-state index in [0.717, 1.165) is 43.0 Å².